The van der Waals surface area contributed by atoms with Gasteiger partial charge in [0.25, 0.3) is 0 Å². The fraction of sp³-hybridized carbons (Fsp3) is 0.833. The zero-order valence-corrected chi connectivity index (χ0v) is 10.5. The van der Waals surface area contributed by atoms with Crippen LogP contribution in [0.15, 0.2) is 0 Å². The molecule has 1 aliphatic rings. The van der Waals surface area contributed by atoms with Crippen molar-refractivity contribution in [3.05, 3.63) is 11.6 Å². The molecule has 1 saturated carbocycles. The summed E-state index contributed by atoms with van der Waals surface area (Å²) in [5, 5.41) is 8.57. The van der Waals surface area contributed by atoms with Crippen molar-refractivity contribution in [1.82, 2.24) is 14.8 Å². The van der Waals surface area contributed by atoms with Crippen LogP contribution in [0.1, 0.15) is 63.1 Å². The highest BCUT2D eigenvalue weighted by atomic mass is 15.3. The Morgan fingerprint density at radius 1 is 1.19 bits per heavy atom. The van der Waals surface area contributed by atoms with E-state index in [9.17, 15) is 0 Å². The van der Waals surface area contributed by atoms with Gasteiger partial charge in [0.05, 0.1) is 0 Å². The number of hydrogen-bond donors (Lipinski definition) is 1. The van der Waals surface area contributed by atoms with Crippen LogP contribution in [-0.2, 0) is 0 Å². The van der Waals surface area contributed by atoms with E-state index in [2.05, 4.69) is 28.6 Å². The Kier molecular flexibility index (Phi) is 3.28. The molecule has 2 rings (SSSR count). The van der Waals surface area contributed by atoms with E-state index in [1.165, 1.54) is 5.82 Å². The highest BCUT2D eigenvalue weighted by Crippen LogP contribution is 2.32. The summed E-state index contributed by atoms with van der Waals surface area (Å²) in [5.41, 5.74) is 5.94. The summed E-state index contributed by atoms with van der Waals surface area (Å²) in [7, 11) is 0. The Morgan fingerprint density at radius 3 is 2.38 bits per heavy atom. The molecule has 0 bridgehead atoms. The van der Waals surface area contributed by atoms with Gasteiger partial charge in [-0.3, -0.25) is 0 Å². The first-order valence-corrected chi connectivity index (χ1v) is 6.26. The first-order chi connectivity index (χ1) is 7.59. The van der Waals surface area contributed by atoms with Crippen molar-refractivity contribution in [2.24, 2.45) is 5.73 Å². The third kappa shape index (κ3) is 2.12. The topological polar surface area (TPSA) is 56.7 Å². The summed E-state index contributed by atoms with van der Waals surface area (Å²) in [5.74, 6) is 2.75. The molecule has 0 radical (unpaired) electrons. The fourth-order valence-corrected chi connectivity index (χ4v) is 2.68. The van der Waals surface area contributed by atoms with Gasteiger partial charge in [-0.05, 0) is 46.5 Å². The Balaban J connectivity index is 2.20. The van der Waals surface area contributed by atoms with E-state index in [0.717, 1.165) is 31.5 Å². The molecule has 1 aliphatic carbocycles. The number of aromatic nitrogens is 3. The summed E-state index contributed by atoms with van der Waals surface area (Å²) in [6, 6.07) is 0.841. The SMILES string of the molecule is Cc1nnc(C2CCC(N)CC2)n1C(C)C. The lowest BCUT2D eigenvalue weighted by Crippen LogP contribution is -2.27. The molecule has 0 aliphatic heterocycles. The molecule has 0 unspecified atom stereocenters. The molecule has 0 amide bonds. The maximum atomic E-state index is 5.94. The second-order valence-electron chi connectivity index (χ2n) is 5.18. The molecule has 2 N–H and O–H groups in total. The molecule has 0 aromatic carbocycles. The Labute approximate surface area is 97.2 Å². The lowest BCUT2D eigenvalue weighted by Gasteiger charge is -2.26. The van der Waals surface area contributed by atoms with Gasteiger partial charge in [-0.1, -0.05) is 0 Å². The molecule has 0 saturated heterocycles. The van der Waals surface area contributed by atoms with E-state index >= 15 is 0 Å². The molecule has 0 spiro atoms. The molecule has 16 heavy (non-hydrogen) atoms. The second-order valence-corrected chi connectivity index (χ2v) is 5.18. The smallest absolute Gasteiger partial charge is 0.136 e. The van der Waals surface area contributed by atoms with Gasteiger partial charge < -0.3 is 10.3 Å². The lowest BCUT2D eigenvalue weighted by molar-refractivity contribution is 0.369. The fourth-order valence-electron chi connectivity index (χ4n) is 2.68. The largest absolute Gasteiger partial charge is 0.328 e. The van der Waals surface area contributed by atoms with Crippen LogP contribution in [0.3, 0.4) is 0 Å². The average Bonchev–Trinajstić information content (AvgIpc) is 2.61. The van der Waals surface area contributed by atoms with E-state index in [-0.39, 0.29) is 0 Å². The third-order valence-corrected chi connectivity index (χ3v) is 3.55. The van der Waals surface area contributed by atoms with Crippen molar-refractivity contribution >= 4 is 0 Å². The van der Waals surface area contributed by atoms with Crippen LogP contribution in [0.2, 0.25) is 0 Å². The number of nitrogens with two attached hydrogens (primary N) is 1. The van der Waals surface area contributed by atoms with Crippen LogP contribution in [-0.4, -0.2) is 20.8 Å². The van der Waals surface area contributed by atoms with E-state index < -0.39 is 0 Å². The van der Waals surface area contributed by atoms with Crippen LogP contribution in [0.25, 0.3) is 0 Å². The van der Waals surface area contributed by atoms with E-state index in [4.69, 9.17) is 5.73 Å². The minimum absolute atomic E-state index is 0.396. The standard InChI is InChI=1S/C12H22N4/c1-8(2)16-9(3)14-15-12(16)10-4-6-11(13)7-5-10/h8,10-11H,4-7,13H2,1-3H3. The Morgan fingerprint density at radius 2 is 1.81 bits per heavy atom. The normalized spacial score (nSPS) is 26.3. The monoisotopic (exact) mass is 222 g/mol. The molecule has 1 fully saturated rings. The van der Waals surface area contributed by atoms with E-state index in [0.29, 0.717) is 18.0 Å². The van der Waals surface area contributed by atoms with Gasteiger partial charge in [0.2, 0.25) is 0 Å². The first-order valence-electron chi connectivity index (χ1n) is 6.26. The average molecular weight is 222 g/mol. The maximum Gasteiger partial charge on any atom is 0.136 e. The van der Waals surface area contributed by atoms with Crippen LogP contribution < -0.4 is 5.73 Å². The van der Waals surface area contributed by atoms with Gasteiger partial charge in [0.1, 0.15) is 11.6 Å². The lowest BCUT2D eigenvalue weighted by atomic mass is 9.86. The van der Waals surface area contributed by atoms with Crippen molar-refractivity contribution in [3.8, 4) is 0 Å². The Hall–Kier alpha value is -0.900. The molecule has 1 aromatic rings. The first kappa shape index (κ1) is 11.6. The molecule has 1 aromatic heterocycles. The van der Waals surface area contributed by atoms with Crippen LogP contribution in [0, 0.1) is 6.92 Å². The molecule has 0 atom stereocenters. The minimum atomic E-state index is 0.396. The van der Waals surface area contributed by atoms with Crippen LogP contribution >= 0.6 is 0 Å². The zero-order valence-electron chi connectivity index (χ0n) is 10.5. The summed E-state index contributed by atoms with van der Waals surface area (Å²) in [6.45, 7) is 6.41. The third-order valence-electron chi connectivity index (χ3n) is 3.55. The number of aryl methyl sites for hydroxylation is 1. The molecule has 1 heterocycles. The molecule has 4 nitrogen and oxygen atoms in total. The number of hydrogen-bond acceptors (Lipinski definition) is 3. The van der Waals surface area contributed by atoms with Crippen molar-refractivity contribution in [3.63, 3.8) is 0 Å². The van der Waals surface area contributed by atoms with Gasteiger partial charge in [-0.25, -0.2) is 0 Å². The van der Waals surface area contributed by atoms with Gasteiger partial charge in [-0.2, -0.15) is 0 Å². The van der Waals surface area contributed by atoms with Crippen molar-refractivity contribution < 1.29 is 0 Å². The summed E-state index contributed by atoms with van der Waals surface area (Å²) in [4.78, 5) is 0. The molecular weight excluding hydrogens is 200 g/mol. The van der Waals surface area contributed by atoms with Crippen LogP contribution in [0.5, 0.6) is 0 Å². The molecule has 90 valence electrons. The number of rotatable bonds is 2. The predicted octanol–water partition coefficient (Wildman–Crippen LogP) is 2.15. The quantitative estimate of drug-likeness (QED) is 0.834. The summed E-state index contributed by atoms with van der Waals surface area (Å²) >= 11 is 0. The Bertz CT molecular complexity index is 348. The van der Waals surface area contributed by atoms with E-state index in [1.54, 1.807) is 0 Å². The minimum Gasteiger partial charge on any atom is -0.328 e. The van der Waals surface area contributed by atoms with Gasteiger partial charge in [0, 0.05) is 18.0 Å². The van der Waals surface area contributed by atoms with Gasteiger partial charge in [-0.15, -0.1) is 10.2 Å². The second kappa shape index (κ2) is 4.53. The highest BCUT2D eigenvalue weighted by molar-refractivity contribution is 5.04. The highest BCUT2D eigenvalue weighted by Gasteiger charge is 2.25. The zero-order chi connectivity index (χ0) is 11.7. The number of nitrogens with zero attached hydrogens (tertiary/aromatic N) is 3. The van der Waals surface area contributed by atoms with Crippen LogP contribution in [0.4, 0.5) is 0 Å². The predicted molar refractivity (Wildman–Crippen MR) is 64.3 cm³/mol. The molecular formula is C12H22N4. The van der Waals surface area contributed by atoms with Crippen molar-refractivity contribution in [1.29, 1.82) is 0 Å². The van der Waals surface area contributed by atoms with E-state index in [1.807, 2.05) is 6.92 Å². The summed E-state index contributed by atoms with van der Waals surface area (Å²) in [6.07, 6.45) is 4.56. The van der Waals surface area contributed by atoms with Gasteiger partial charge in [0.15, 0.2) is 0 Å². The molecule has 4 heteroatoms. The maximum absolute atomic E-state index is 5.94. The van der Waals surface area contributed by atoms with Crippen molar-refractivity contribution in [2.45, 2.75) is 64.5 Å². The van der Waals surface area contributed by atoms with Crippen molar-refractivity contribution in [2.75, 3.05) is 0 Å². The van der Waals surface area contributed by atoms with Gasteiger partial charge >= 0.3 is 0 Å². The summed E-state index contributed by atoms with van der Waals surface area (Å²) < 4.78 is 2.27.